The lowest BCUT2D eigenvalue weighted by Gasteiger charge is -2.35. The number of halogens is 1. The summed E-state index contributed by atoms with van der Waals surface area (Å²) < 4.78 is 16.5. The Bertz CT molecular complexity index is 849. The molecule has 0 saturated carbocycles. The molecule has 7 nitrogen and oxygen atoms in total. The van der Waals surface area contributed by atoms with E-state index in [9.17, 15) is 0 Å². The van der Waals surface area contributed by atoms with Crippen molar-refractivity contribution in [3.8, 4) is 11.5 Å². The Morgan fingerprint density at radius 2 is 1.97 bits per heavy atom. The van der Waals surface area contributed by atoms with Gasteiger partial charge in [0.05, 0.1) is 27.4 Å². The number of benzene rings is 2. The Hall–Kier alpha value is -2.20. The molecule has 0 amide bonds. The van der Waals surface area contributed by atoms with Gasteiger partial charge in [-0.05, 0) is 31.0 Å². The number of methoxy groups -OCH3 is 2. The highest BCUT2D eigenvalue weighted by atomic mass is 127. The summed E-state index contributed by atoms with van der Waals surface area (Å²) in [4.78, 5) is 6.77. The fraction of sp³-hybridized carbons (Fsp3) is 0.458. The second-order valence-electron chi connectivity index (χ2n) is 7.49. The maximum atomic E-state index is 5.80. The molecule has 2 N–H and O–H groups in total. The van der Waals surface area contributed by atoms with Crippen LogP contribution in [0.25, 0.3) is 0 Å². The average Bonchev–Trinajstić information content (AvgIpc) is 2.83. The zero-order chi connectivity index (χ0) is 21.9. The number of nitrogens with one attached hydrogen (secondary N) is 2. The Morgan fingerprint density at radius 1 is 1.12 bits per heavy atom. The Kier molecular flexibility index (Phi) is 11.4. The minimum absolute atomic E-state index is 0. The topological polar surface area (TPSA) is 67.4 Å². The largest absolute Gasteiger partial charge is 0.497 e. The van der Waals surface area contributed by atoms with Crippen LogP contribution in [0.1, 0.15) is 18.4 Å². The van der Waals surface area contributed by atoms with Crippen molar-refractivity contribution in [3.63, 3.8) is 0 Å². The molecule has 8 heteroatoms. The van der Waals surface area contributed by atoms with E-state index < -0.39 is 0 Å². The van der Waals surface area contributed by atoms with Gasteiger partial charge in [0.1, 0.15) is 11.5 Å². The summed E-state index contributed by atoms with van der Waals surface area (Å²) in [5, 5.41) is 6.90. The fourth-order valence-electron chi connectivity index (χ4n) is 3.77. The van der Waals surface area contributed by atoms with Gasteiger partial charge in [-0.15, -0.1) is 24.0 Å². The smallest absolute Gasteiger partial charge is 0.191 e. The van der Waals surface area contributed by atoms with Crippen LogP contribution in [-0.4, -0.2) is 59.5 Å². The molecule has 176 valence electrons. The normalized spacial score (nSPS) is 16.2. The maximum absolute atomic E-state index is 5.80. The Morgan fingerprint density at radius 3 is 2.75 bits per heavy atom. The summed E-state index contributed by atoms with van der Waals surface area (Å²) in [6, 6.07) is 16.5. The number of ether oxygens (including phenoxy) is 3. The molecule has 0 bridgehead atoms. The molecule has 1 saturated heterocycles. The third-order valence-electron chi connectivity index (χ3n) is 5.39. The molecule has 2 aromatic carbocycles. The molecule has 1 fully saturated rings. The lowest BCUT2D eigenvalue weighted by Crippen LogP contribution is -2.51. The number of nitrogens with zero attached hydrogens (tertiary/aromatic N) is 2. The van der Waals surface area contributed by atoms with Gasteiger partial charge in [-0.2, -0.15) is 0 Å². The minimum atomic E-state index is 0. The lowest BCUT2D eigenvalue weighted by atomic mass is 10.0. The van der Waals surface area contributed by atoms with Gasteiger partial charge in [-0.3, -0.25) is 4.99 Å². The Balaban J connectivity index is 0.00000363. The van der Waals surface area contributed by atoms with Gasteiger partial charge in [0.2, 0.25) is 0 Å². The van der Waals surface area contributed by atoms with Gasteiger partial charge in [0, 0.05) is 50.0 Å². The van der Waals surface area contributed by atoms with Crippen LogP contribution in [0.2, 0.25) is 0 Å². The van der Waals surface area contributed by atoms with Crippen molar-refractivity contribution < 1.29 is 14.2 Å². The second kappa shape index (κ2) is 14.1. The molecule has 1 aliphatic rings. The standard InChI is InChI=1S/C24H34N4O3.HI/c1-25-24(26-13-15-31-18-19-8-4-5-12-23(19)30-3)27-20-9-7-14-28(17-20)21-10-6-11-22(16-21)29-2;/h4-6,8,10-12,16,20H,7,9,13-15,17-18H2,1-3H3,(H2,25,26,27);1H. The van der Waals surface area contributed by atoms with Crippen molar-refractivity contribution in [1.29, 1.82) is 0 Å². The molecule has 1 atom stereocenters. The average molecular weight is 554 g/mol. The van der Waals surface area contributed by atoms with E-state index in [1.807, 2.05) is 36.4 Å². The highest BCUT2D eigenvalue weighted by Crippen LogP contribution is 2.24. The quantitative estimate of drug-likeness (QED) is 0.214. The summed E-state index contributed by atoms with van der Waals surface area (Å²) in [6.45, 7) is 3.77. The van der Waals surface area contributed by atoms with E-state index in [0.717, 1.165) is 49.0 Å². The van der Waals surface area contributed by atoms with E-state index in [1.165, 1.54) is 5.69 Å². The zero-order valence-corrected chi connectivity index (χ0v) is 21.5. The van der Waals surface area contributed by atoms with Crippen LogP contribution in [0, 0.1) is 0 Å². The molecular formula is C24H35IN4O3. The van der Waals surface area contributed by atoms with Gasteiger partial charge in [-0.1, -0.05) is 24.3 Å². The van der Waals surface area contributed by atoms with Crippen molar-refractivity contribution in [3.05, 3.63) is 54.1 Å². The molecule has 0 aromatic heterocycles. The summed E-state index contributed by atoms with van der Waals surface area (Å²) in [6.07, 6.45) is 2.25. The molecule has 1 heterocycles. The van der Waals surface area contributed by atoms with Crippen molar-refractivity contribution in [2.45, 2.75) is 25.5 Å². The number of hydrogen-bond acceptors (Lipinski definition) is 5. The van der Waals surface area contributed by atoms with Gasteiger partial charge in [0.25, 0.3) is 0 Å². The van der Waals surface area contributed by atoms with Crippen molar-refractivity contribution in [2.24, 2.45) is 4.99 Å². The number of para-hydroxylation sites is 1. The highest BCUT2D eigenvalue weighted by Gasteiger charge is 2.21. The molecule has 1 aliphatic heterocycles. The molecule has 2 aromatic rings. The van der Waals surface area contributed by atoms with Gasteiger partial charge in [0.15, 0.2) is 5.96 Å². The van der Waals surface area contributed by atoms with Gasteiger partial charge < -0.3 is 29.7 Å². The van der Waals surface area contributed by atoms with E-state index in [4.69, 9.17) is 14.2 Å². The van der Waals surface area contributed by atoms with Crippen LogP contribution in [0.4, 0.5) is 5.69 Å². The molecule has 0 radical (unpaired) electrons. The number of piperidine rings is 1. The van der Waals surface area contributed by atoms with E-state index >= 15 is 0 Å². The molecule has 32 heavy (non-hydrogen) atoms. The maximum Gasteiger partial charge on any atom is 0.191 e. The molecule has 0 aliphatic carbocycles. The van der Waals surface area contributed by atoms with E-state index in [0.29, 0.717) is 25.8 Å². The van der Waals surface area contributed by atoms with Gasteiger partial charge >= 0.3 is 0 Å². The third kappa shape index (κ3) is 7.74. The van der Waals surface area contributed by atoms with E-state index in [2.05, 4.69) is 32.7 Å². The van der Waals surface area contributed by atoms with Crippen LogP contribution in [0.15, 0.2) is 53.5 Å². The third-order valence-corrected chi connectivity index (χ3v) is 5.39. The fourth-order valence-corrected chi connectivity index (χ4v) is 3.77. The first-order valence-electron chi connectivity index (χ1n) is 10.8. The second-order valence-corrected chi connectivity index (χ2v) is 7.49. The Labute approximate surface area is 208 Å². The number of rotatable bonds is 9. The van der Waals surface area contributed by atoms with Crippen molar-refractivity contribution in [2.75, 3.05) is 52.4 Å². The number of aliphatic imine (C=N–C) groups is 1. The summed E-state index contributed by atoms with van der Waals surface area (Å²) in [7, 11) is 5.18. The summed E-state index contributed by atoms with van der Waals surface area (Å²) >= 11 is 0. The number of anilines is 1. The molecular weight excluding hydrogens is 519 g/mol. The monoisotopic (exact) mass is 554 g/mol. The summed E-state index contributed by atoms with van der Waals surface area (Å²) in [5.41, 5.74) is 2.24. The zero-order valence-electron chi connectivity index (χ0n) is 19.2. The molecule has 3 rings (SSSR count). The van der Waals surface area contributed by atoms with Crippen molar-refractivity contribution >= 4 is 35.6 Å². The first-order chi connectivity index (χ1) is 15.2. The highest BCUT2D eigenvalue weighted by molar-refractivity contribution is 14.0. The van der Waals surface area contributed by atoms with E-state index in [-0.39, 0.29) is 24.0 Å². The number of guanidine groups is 1. The SMILES string of the molecule is CN=C(NCCOCc1ccccc1OC)NC1CCCN(c2cccc(OC)c2)C1.I. The van der Waals surface area contributed by atoms with Crippen LogP contribution >= 0.6 is 24.0 Å². The van der Waals surface area contributed by atoms with Gasteiger partial charge in [-0.25, -0.2) is 0 Å². The van der Waals surface area contributed by atoms with Crippen LogP contribution in [0.3, 0.4) is 0 Å². The van der Waals surface area contributed by atoms with Crippen LogP contribution in [0.5, 0.6) is 11.5 Å². The predicted octanol–water partition coefficient (Wildman–Crippen LogP) is 3.67. The lowest BCUT2D eigenvalue weighted by molar-refractivity contribution is 0.123. The van der Waals surface area contributed by atoms with Crippen molar-refractivity contribution in [1.82, 2.24) is 10.6 Å². The number of hydrogen-bond donors (Lipinski definition) is 2. The first-order valence-corrected chi connectivity index (χ1v) is 10.8. The van der Waals surface area contributed by atoms with Crippen LogP contribution < -0.4 is 25.0 Å². The first kappa shape index (κ1) is 26.1. The molecule has 0 spiro atoms. The van der Waals surface area contributed by atoms with Crippen LogP contribution in [-0.2, 0) is 11.3 Å². The summed E-state index contributed by atoms with van der Waals surface area (Å²) in [5.74, 6) is 2.54. The molecule has 1 unspecified atom stereocenters. The predicted molar refractivity (Wildman–Crippen MR) is 141 cm³/mol. The minimum Gasteiger partial charge on any atom is -0.497 e. The van der Waals surface area contributed by atoms with E-state index in [1.54, 1.807) is 21.3 Å².